The smallest absolute Gasteiger partial charge is 0.376 e. The lowest BCUT2D eigenvalue weighted by molar-refractivity contribution is 0.0586. The molecule has 1 aliphatic heterocycles. The molecule has 0 bridgehead atoms. The highest BCUT2D eigenvalue weighted by Gasteiger charge is 2.19. The van der Waals surface area contributed by atoms with E-state index in [0.29, 0.717) is 11.9 Å². The number of anilines is 1. The van der Waals surface area contributed by atoms with Gasteiger partial charge in [-0.15, -0.1) is 0 Å². The van der Waals surface area contributed by atoms with Crippen molar-refractivity contribution in [3.05, 3.63) is 17.6 Å². The molecule has 1 aromatic heterocycles. The number of nitrogens with zero attached hydrogens (tertiary/aromatic N) is 3. The molecule has 0 unspecified atom stereocenters. The highest BCUT2D eigenvalue weighted by molar-refractivity contribution is 5.85. The molecule has 1 fully saturated rings. The summed E-state index contributed by atoms with van der Waals surface area (Å²) >= 11 is 0. The van der Waals surface area contributed by atoms with Gasteiger partial charge < -0.3 is 15.0 Å². The molecular weight excluding hydrogens is 268 g/mol. The molecule has 1 saturated heterocycles. The monoisotopic (exact) mass is 292 g/mol. The zero-order chi connectivity index (χ0) is 15.2. The minimum atomic E-state index is -0.500. The second-order valence-electron chi connectivity index (χ2n) is 5.47. The van der Waals surface area contributed by atoms with Crippen LogP contribution >= 0.6 is 0 Å². The van der Waals surface area contributed by atoms with Gasteiger partial charge in [-0.25, -0.2) is 14.8 Å². The number of ether oxygens (including phenoxy) is 1. The molecule has 2 rings (SSSR count). The van der Waals surface area contributed by atoms with Crippen LogP contribution in [0.1, 0.15) is 42.5 Å². The minimum Gasteiger partial charge on any atom is -0.463 e. The number of carbonyl (C=O) groups excluding carboxylic acids is 1. The fourth-order valence-electron chi connectivity index (χ4n) is 2.65. The Morgan fingerprint density at radius 1 is 1.43 bits per heavy atom. The summed E-state index contributed by atoms with van der Waals surface area (Å²) < 4.78 is 4.68. The van der Waals surface area contributed by atoms with Gasteiger partial charge in [0.25, 0.3) is 0 Å². The Kier molecular flexibility index (Phi) is 5.50. The lowest BCUT2D eigenvalue weighted by Gasteiger charge is -2.32. The van der Waals surface area contributed by atoms with Crippen LogP contribution in [0.4, 0.5) is 5.82 Å². The van der Waals surface area contributed by atoms with Gasteiger partial charge in [0, 0.05) is 30.9 Å². The van der Waals surface area contributed by atoms with Crippen LogP contribution in [0.25, 0.3) is 0 Å². The summed E-state index contributed by atoms with van der Waals surface area (Å²) in [6, 6.07) is 2.27. The van der Waals surface area contributed by atoms with Crippen LogP contribution in [-0.4, -0.2) is 53.6 Å². The lowest BCUT2D eigenvalue weighted by atomic mass is 10.0. The minimum absolute atomic E-state index is 0.114. The molecule has 1 aromatic rings. The van der Waals surface area contributed by atoms with E-state index in [0.717, 1.165) is 31.6 Å². The van der Waals surface area contributed by atoms with E-state index in [1.165, 1.54) is 20.1 Å². The third kappa shape index (κ3) is 4.39. The molecule has 6 heteroatoms. The largest absolute Gasteiger partial charge is 0.463 e. The van der Waals surface area contributed by atoms with Gasteiger partial charge >= 0.3 is 5.97 Å². The zero-order valence-corrected chi connectivity index (χ0v) is 13.1. The number of likely N-dealkylation sites (tertiary alicyclic amines) is 1. The number of rotatable bonds is 5. The van der Waals surface area contributed by atoms with Crippen LogP contribution in [0.5, 0.6) is 0 Å². The van der Waals surface area contributed by atoms with Gasteiger partial charge in [0.15, 0.2) is 0 Å². The van der Waals surface area contributed by atoms with E-state index in [-0.39, 0.29) is 5.82 Å². The van der Waals surface area contributed by atoms with Crippen molar-refractivity contribution in [2.45, 2.75) is 39.2 Å². The van der Waals surface area contributed by atoms with Gasteiger partial charge in [-0.2, -0.15) is 0 Å². The number of hydrogen-bond donors (Lipinski definition) is 1. The summed E-state index contributed by atoms with van der Waals surface area (Å²) in [6.45, 7) is 7.45. The van der Waals surface area contributed by atoms with Crippen LogP contribution in [0.15, 0.2) is 6.07 Å². The number of aromatic nitrogens is 2. The van der Waals surface area contributed by atoms with Crippen LogP contribution in [-0.2, 0) is 4.74 Å². The fourth-order valence-corrected chi connectivity index (χ4v) is 2.65. The first-order valence-electron chi connectivity index (χ1n) is 7.55. The van der Waals surface area contributed by atoms with Crippen LogP contribution < -0.4 is 5.32 Å². The molecular formula is C15H24N4O2. The van der Waals surface area contributed by atoms with E-state index < -0.39 is 5.97 Å². The van der Waals surface area contributed by atoms with E-state index in [2.05, 4.69) is 31.8 Å². The normalized spacial score (nSPS) is 16.7. The topological polar surface area (TPSA) is 67.4 Å². The molecule has 0 aliphatic carbocycles. The molecule has 0 spiro atoms. The van der Waals surface area contributed by atoms with Crippen molar-refractivity contribution in [1.82, 2.24) is 14.9 Å². The Hall–Kier alpha value is -1.69. The molecule has 1 aliphatic rings. The van der Waals surface area contributed by atoms with Gasteiger partial charge in [0.1, 0.15) is 5.82 Å². The van der Waals surface area contributed by atoms with Crippen LogP contribution in [0.2, 0.25) is 0 Å². The number of carbonyl (C=O) groups is 1. The Morgan fingerprint density at radius 3 is 2.76 bits per heavy atom. The quantitative estimate of drug-likeness (QED) is 0.836. The summed E-state index contributed by atoms with van der Waals surface area (Å²) in [6.07, 6.45) is 3.39. The molecule has 0 saturated carbocycles. The van der Waals surface area contributed by atoms with Crippen molar-refractivity contribution >= 4 is 11.8 Å². The number of esters is 1. The van der Waals surface area contributed by atoms with Crippen molar-refractivity contribution in [3.8, 4) is 0 Å². The maximum absolute atomic E-state index is 11.5. The first-order chi connectivity index (χ1) is 10.1. The maximum atomic E-state index is 11.5. The first kappa shape index (κ1) is 15.7. The Morgan fingerprint density at radius 2 is 2.14 bits per heavy atom. The Labute approximate surface area is 125 Å². The zero-order valence-electron chi connectivity index (χ0n) is 13.1. The van der Waals surface area contributed by atoms with Crippen molar-refractivity contribution in [2.24, 2.45) is 0 Å². The van der Waals surface area contributed by atoms with E-state index in [1.54, 1.807) is 0 Å². The Bertz CT molecular complexity index is 485. The van der Waals surface area contributed by atoms with Crippen molar-refractivity contribution in [2.75, 3.05) is 32.1 Å². The maximum Gasteiger partial charge on any atom is 0.376 e. The summed E-state index contributed by atoms with van der Waals surface area (Å²) in [5, 5.41) is 3.42. The predicted molar refractivity (Wildman–Crippen MR) is 81.5 cm³/mol. The second-order valence-corrected chi connectivity index (χ2v) is 5.47. The second kappa shape index (κ2) is 7.36. The number of nitrogens with one attached hydrogen (secondary N) is 1. The number of hydrogen-bond acceptors (Lipinski definition) is 6. The predicted octanol–water partition coefficient (Wildman–Crippen LogP) is 1.86. The molecule has 116 valence electrons. The fraction of sp³-hybridized carbons (Fsp3) is 0.667. The summed E-state index contributed by atoms with van der Waals surface area (Å²) in [4.78, 5) is 22.4. The van der Waals surface area contributed by atoms with Crippen molar-refractivity contribution in [3.63, 3.8) is 0 Å². The third-order valence-electron chi connectivity index (χ3n) is 3.70. The number of methoxy groups -OCH3 is 1. The van der Waals surface area contributed by atoms with Gasteiger partial charge in [-0.3, -0.25) is 0 Å². The Balaban J connectivity index is 1.97. The third-order valence-corrected chi connectivity index (χ3v) is 3.70. The van der Waals surface area contributed by atoms with E-state index in [1.807, 2.05) is 13.0 Å². The highest BCUT2D eigenvalue weighted by atomic mass is 16.5. The highest BCUT2D eigenvalue weighted by Crippen LogP contribution is 2.16. The van der Waals surface area contributed by atoms with E-state index in [4.69, 9.17) is 0 Å². The average molecular weight is 292 g/mol. The van der Waals surface area contributed by atoms with E-state index >= 15 is 0 Å². The molecule has 6 nitrogen and oxygen atoms in total. The van der Waals surface area contributed by atoms with Crippen LogP contribution in [0, 0.1) is 6.92 Å². The van der Waals surface area contributed by atoms with Crippen molar-refractivity contribution in [1.29, 1.82) is 0 Å². The average Bonchev–Trinajstić information content (AvgIpc) is 2.48. The first-order valence-corrected chi connectivity index (χ1v) is 7.55. The molecule has 0 atom stereocenters. The van der Waals surface area contributed by atoms with Gasteiger partial charge in [0.05, 0.1) is 7.11 Å². The number of piperidine rings is 1. The lowest BCUT2D eigenvalue weighted by Crippen LogP contribution is -2.39. The van der Waals surface area contributed by atoms with Crippen LogP contribution in [0.3, 0.4) is 0 Å². The van der Waals surface area contributed by atoms with E-state index in [9.17, 15) is 4.79 Å². The van der Waals surface area contributed by atoms with Gasteiger partial charge in [0.2, 0.25) is 5.82 Å². The molecule has 0 amide bonds. The van der Waals surface area contributed by atoms with Crippen molar-refractivity contribution < 1.29 is 9.53 Å². The summed E-state index contributed by atoms with van der Waals surface area (Å²) in [7, 11) is 1.34. The molecule has 2 heterocycles. The van der Waals surface area contributed by atoms with Gasteiger partial charge in [-0.1, -0.05) is 6.92 Å². The molecule has 21 heavy (non-hydrogen) atoms. The summed E-state index contributed by atoms with van der Waals surface area (Å²) in [5.41, 5.74) is 0.760. The number of aryl methyl sites for hydroxylation is 1. The molecule has 0 radical (unpaired) electrons. The summed E-state index contributed by atoms with van der Waals surface area (Å²) in [5.74, 6) is 0.319. The molecule has 1 N–H and O–H groups in total. The molecule has 0 aromatic carbocycles. The standard InChI is InChI=1S/C15H24N4O2/c1-4-7-19-8-5-12(6-9-19)17-13-10-11(2)16-14(18-13)15(20)21-3/h10,12H,4-9H2,1-3H3,(H,16,17,18). The SMILES string of the molecule is CCCN1CCC(Nc2cc(C)nc(C(=O)OC)n2)CC1. The van der Waals surface area contributed by atoms with Gasteiger partial charge in [-0.05, 0) is 32.7 Å².